The van der Waals surface area contributed by atoms with Crippen molar-refractivity contribution in [2.75, 3.05) is 19.0 Å². The molecule has 1 rings (SSSR count). The van der Waals surface area contributed by atoms with Crippen LogP contribution in [0.3, 0.4) is 0 Å². The van der Waals surface area contributed by atoms with Crippen molar-refractivity contribution in [1.82, 2.24) is 5.32 Å². The third-order valence-electron chi connectivity index (χ3n) is 2.00. The van der Waals surface area contributed by atoms with E-state index in [2.05, 4.69) is 5.32 Å². The Morgan fingerprint density at radius 2 is 1.94 bits per heavy atom. The summed E-state index contributed by atoms with van der Waals surface area (Å²) in [4.78, 5) is 21.4. The predicted molar refractivity (Wildman–Crippen MR) is 63.8 cm³/mol. The van der Waals surface area contributed by atoms with Gasteiger partial charge in [0.25, 0.3) is 0 Å². The standard InChI is InChI=1S/C11H15N3O3/c1-13-8-2-4-9(5-3-8)17-7-6-10(15)14-11(12)16/h2-5,13H,6-7H2,1H3,(H3,12,14,15,16). The van der Waals surface area contributed by atoms with Crippen molar-refractivity contribution in [2.24, 2.45) is 5.73 Å². The van der Waals surface area contributed by atoms with Crippen molar-refractivity contribution in [3.8, 4) is 5.75 Å². The number of imide groups is 1. The first-order valence-corrected chi connectivity index (χ1v) is 5.11. The highest BCUT2D eigenvalue weighted by molar-refractivity contribution is 5.93. The number of benzene rings is 1. The van der Waals surface area contributed by atoms with Gasteiger partial charge in [-0.25, -0.2) is 4.79 Å². The highest BCUT2D eigenvalue weighted by Gasteiger charge is 2.04. The zero-order valence-electron chi connectivity index (χ0n) is 9.53. The SMILES string of the molecule is CNc1ccc(OCCC(=O)NC(N)=O)cc1. The molecule has 0 aromatic heterocycles. The summed E-state index contributed by atoms with van der Waals surface area (Å²) >= 11 is 0. The zero-order chi connectivity index (χ0) is 12.7. The van der Waals surface area contributed by atoms with Gasteiger partial charge in [-0.05, 0) is 24.3 Å². The number of amides is 3. The smallest absolute Gasteiger partial charge is 0.318 e. The number of ether oxygens (including phenoxy) is 1. The van der Waals surface area contributed by atoms with Crippen molar-refractivity contribution < 1.29 is 14.3 Å². The third kappa shape index (κ3) is 4.87. The molecule has 0 saturated heterocycles. The second kappa shape index (κ2) is 6.37. The van der Waals surface area contributed by atoms with E-state index in [-0.39, 0.29) is 13.0 Å². The van der Waals surface area contributed by atoms with Crippen LogP contribution >= 0.6 is 0 Å². The first-order chi connectivity index (χ1) is 8.11. The molecule has 1 aromatic rings. The molecular formula is C11H15N3O3. The lowest BCUT2D eigenvalue weighted by molar-refractivity contribution is -0.120. The zero-order valence-corrected chi connectivity index (χ0v) is 9.53. The Balaban J connectivity index is 2.30. The molecule has 0 fully saturated rings. The summed E-state index contributed by atoms with van der Waals surface area (Å²) < 4.78 is 5.32. The average molecular weight is 237 g/mol. The minimum Gasteiger partial charge on any atom is -0.493 e. The van der Waals surface area contributed by atoms with Crippen LogP contribution in [0.4, 0.5) is 10.5 Å². The van der Waals surface area contributed by atoms with Gasteiger partial charge in [0.1, 0.15) is 5.75 Å². The Kier molecular flexibility index (Phi) is 4.80. The fourth-order valence-corrected chi connectivity index (χ4v) is 1.18. The first-order valence-electron chi connectivity index (χ1n) is 5.11. The van der Waals surface area contributed by atoms with E-state index < -0.39 is 11.9 Å². The van der Waals surface area contributed by atoms with Crippen molar-refractivity contribution >= 4 is 17.6 Å². The minimum absolute atomic E-state index is 0.0801. The van der Waals surface area contributed by atoms with Gasteiger partial charge in [0.15, 0.2) is 0 Å². The number of hydrogen-bond donors (Lipinski definition) is 3. The van der Waals surface area contributed by atoms with E-state index in [1.165, 1.54) is 0 Å². The Labute approximate surface area is 99.1 Å². The Morgan fingerprint density at radius 3 is 2.47 bits per heavy atom. The van der Waals surface area contributed by atoms with Crippen molar-refractivity contribution in [3.05, 3.63) is 24.3 Å². The monoisotopic (exact) mass is 237 g/mol. The summed E-state index contributed by atoms with van der Waals surface area (Å²) in [5.74, 6) is 0.209. The number of nitrogens with one attached hydrogen (secondary N) is 2. The van der Waals surface area contributed by atoms with Crippen LogP contribution in [0.25, 0.3) is 0 Å². The molecule has 0 unspecified atom stereocenters. The quantitative estimate of drug-likeness (QED) is 0.702. The summed E-state index contributed by atoms with van der Waals surface area (Å²) in [6.07, 6.45) is 0.0801. The maximum absolute atomic E-state index is 11.0. The number of rotatable bonds is 5. The van der Waals surface area contributed by atoms with Crippen LogP contribution in [-0.4, -0.2) is 25.6 Å². The molecule has 0 bridgehead atoms. The molecule has 3 amide bonds. The van der Waals surface area contributed by atoms with Gasteiger partial charge in [-0.1, -0.05) is 0 Å². The maximum Gasteiger partial charge on any atom is 0.318 e. The van der Waals surface area contributed by atoms with E-state index in [4.69, 9.17) is 10.5 Å². The highest BCUT2D eigenvalue weighted by atomic mass is 16.5. The predicted octanol–water partition coefficient (Wildman–Crippen LogP) is 0.692. The Hall–Kier alpha value is -2.24. The third-order valence-corrected chi connectivity index (χ3v) is 2.00. The number of carbonyl (C=O) groups is 2. The molecule has 0 heterocycles. The van der Waals surface area contributed by atoms with Crippen molar-refractivity contribution in [2.45, 2.75) is 6.42 Å². The maximum atomic E-state index is 11.0. The van der Waals surface area contributed by atoms with Gasteiger partial charge in [0.2, 0.25) is 5.91 Å². The van der Waals surface area contributed by atoms with E-state index in [0.717, 1.165) is 5.69 Å². The molecular weight excluding hydrogens is 222 g/mol. The van der Waals surface area contributed by atoms with Crippen LogP contribution in [0, 0.1) is 0 Å². The molecule has 0 spiro atoms. The lowest BCUT2D eigenvalue weighted by Crippen LogP contribution is -2.35. The average Bonchev–Trinajstić information content (AvgIpc) is 2.29. The van der Waals surface area contributed by atoms with Crippen molar-refractivity contribution in [1.29, 1.82) is 0 Å². The lowest BCUT2D eigenvalue weighted by atomic mass is 10.3. The van der Waals surface area contributed by atoms with Gasteiger partial charge in [-0.2, -0.15) is 0 Å². The normalized spacial score (nSPS) is 9.47. The van der Waals surface area contributed by atoms with E-state index in [1.807, 2.05) is 24.5 Å². The second-order valence-electron chi connectivity index (χ2n) is 3.29. The van der Waals surface area contributed by atoms with Crippen LogP contribution < -0.4 is 21.1 Å². The molecule has 0 aliphatic carbocycles. The number of hydrogen-bond acceptors (Lipinski definition) is 4. The first kappa shape index (κ1) is 12.8. The van der Waals surface area contributed by atoms with E-state index >= 15 is 0 Å². The van der Waals surface area contributed by atoms with Crippen molar-refractivity contribution in [3.63, 3.8) is 0 Å². The Morgan fingerprint density at radius 1 is 1.29 bits per heavy atom. The van der Waals surface area contributed by atoms with Gasteiger partial charge in [0.05, 0.1) is 13.0 Å². The molecule has 0 aliphatic rings. The number of anilines is 1. The molecule has 6 nitrogen and oxygen atoms in total. The van der Waals surface area contributed by atoms with Crippen LogP contribution in [0.15, 0.2) is 24.3 Å². The molecule has 0 radical (unpaired) electrons. The van der Waals surface area contributed by atoms with Crippen LogP contribution in [-0.2, 0) is 4.79 Å². The fourth-order valence-electron chi connectivity index (χ4n) is 1.18. The summed E-state index contributed by atoms with van der Waals surface area (Å²) in [6.45, 7) is 0.192. The second-order valence-corrected chi connectivity index (χ2v) is 3.29. The molecule has 6 heteroatoms. The van der Waals surface area contributed by atoms with Gasteiger partial charge >= 0.3 is 6.03 Å². The number of carbonyl (C=O) groups excluding carboxylic acids is 2. The van der Waals surface area contributed by atoms with Crippen LogP contribution in [0.2, 0.25) is 0 Å². The largest absolute Gasteiger partial charge is 0.493 e. The number of nitrogens with two attached hydrogens (primary N) is 1. The highest BCUT2D eigenvalue weighted by Crippen LogP contribution is 2.14. The molecule has 4 N–H and O–H groups in total. The number of urea groups is 1. The molecule has 92 valence electrons. The Bertz CT molecular complexity index is 389. The molecule has 17 heavy (non-hydrogen) atoms. The summed E-state index contributed by atoms with van der Waals surface area (Å²) in [7, 11) is 1.82. The van der Waals surface area contributed by atoms with E-state index in [1.54, 1.807) is 12.1 Å². The molecule has 0 saturated carbocycles. The van der Waals surface area contributed by atoms with Gasteiger partial charge in [0, 0.05) is 12.7 Å². The summed E-state index contributed by atoms with van der Waals surface area (Å²) in [5, 5.41) is 4.94. The lowest BCUT2D eigenvalue weighted by Gasteiger charge is -2.06. The van der Waals surface area contributed by atoms with Crippen LogP contribution in [0.5, 0.6) is 5.75 Å². The topological polar surface area (TPSA) is 93.4 Å². The number of primary amides is 1. The summed E-state index contributed by atoms with van der Waals surface area (Å²) in [6, 6.07) is 6.45. The van der Waals surface area contributed by atoms with E-state index in [0.29, 0.717) is 5.75 Å². The molecule has 1 aromatic carbocycles. The fraction of sp³-hybridized carbons (Fsp3) is 0.273. The summed E-state index contributed by atoms with van der Waals surface area (Å²) in [5.41, 5.74) is 5.77. The van der Waals surface area contributed by atoms with Gasteiger partial charge < -0.3 is 15.8 Å². The minimum atomic E-state index is -0.853. The van der Waals surface area contributed by atoms with E-state index in [9.17, 15) is 9.59 Å². The molecule has 0 atom stereocenters. The molecule has 0 aliphatic heterocycles. The van der Waals surface area contributed by atoms with Crippen LogP contribution in [0.1, 0.15) is 6.42 Å². The van der Waals surface area contributed by atoms with Gasteiger partial charge in [-0.15, -0.1) is 0 Å². The van der Waals surface area contributed by atoms with Gasteiger partial charge in [-0.3, -0.25) is 10.1 Å².